The number of ether oxygens (including phenoxy) is 3. The number of hydrogen-bond donors (Lipinski definition) is 1. The van der Waals surface area contributed by atoms with E-state index in [1.807, 2.05) is 49.3 Å². The molecule has 1 aromatic rings. The molecule has 0 saturated heterocycles. The van der Waals surface area contributed by atoms with Gasteiger partial charge in [0.2, 0.25) is 0 Å². The molecule has 0 amide bonds. The van der Waals surface area contributed by atoms with E-state index in [4.69, 9.17) is 14.2 Å². The molecule has 0 bridgehead atoms. The van der Waals surface area contributed by atoms with Crippen molar-refractivity contribution in [1.29, 1.82) is 0 Å². The zero-order chi connectivity index (χ0) is 25.4. The van der Waals surface area contributed by atoms with E-state index in [0.717, 1.165) is 37.8 Å². The van der Waals surface area contributed by atoms with Crippen LogP contribution in [0.4, 0.5) is 0 Å². The standard InChI is InChI=1S/C28H43NO6/c1-29(2)19-20-33-21-22-34-27(32)28(17-11-4-3-5-12-18-28)23-35-26(31)16-10-9-15-25(30)24-13-7-6-8-14-24/h3-4,6-8,13-14,25,30H,5,9-12,15-23H2,1-2H3/b4-3+. The Kier molecular flexibility index (Phi) is 13.6. The van der Waals surface area contributed by atoms with Crippen LogP contribution in [0.5, 0.6) is 0 Å². The number of esters is 2. The molecule has 1 aromatic carbocycles. The zero-order valence-corrected chi connectivity index (χ0v) is 21.5. The number of benzene rings is 1. The van der Waals surface area contributed by atoms with E-state index in [2.05, 4.69) is 12.2 Å². The van der Waals surface area contributed by atoms with Crippen LogP contribution in [-0.4, -0.2) is 69.0 Å². The maximum absolute atomic E-state index is 13.1. The van der Waals surface area contributed by atoms with Crippen LogP contribution in [0.2, 0.25) is 0 Å². The van der Waals surface area contributed by atoms with Gasteiger partial charge in [0.05, 0.1) is 19.3 Å². The van der Waals surface area contributed by atoms with E-state index in [-0.39, 0.29) is 31.6 Å². The molecule has 7 heteroatoms. The lowest BCUT2D eigenvalue weighted by Gasteiger charge is -2.31. The van der Waals surface area contributed by atoms with Crippen molar-refractivity contribution in [3.05, 3.63) is 48.0 Å². The molecular formula is C28H43NO6. The third-order valence-electron chi connectivity index (χ3n) is 6.36. The number of unbranched alkanes of at least 4 members (excludes halogenated alkanes) is 1. The van der Waals surface area contributed by atoms with Gasteiger partial charge in [-0.3, -0.25) is 9.59 Å². The molecule has 1 aliphatic rings. The quantitative estimate of drug-likeness (QED) is 0.221. The highest BCUT2D eigenvalue weighted by Gasteiger charge is 2.40. The Bertz CT molecular complexity index is 766. The second kappa shape index (κ2) is 16.5. The highest BCUT2D eigenvalue weighted by molar-refractivity contribution is 5.78. The molecule has 0 spiro atoms. The molecule has 1 aliphatic carbocycles. The summed E-state index contributed by atoms with van der Waals surface area (Å²) in [6.07, 6.45) is 9.65. The molecule has 2 rings (SSSR count). The van der Waals surface area contributed by atoms with Crippen molar-refractivity contribution in [2.75, 3.05) is 47.1 Å². The van der Waals surface area contributed by atoms with E-state index >= 15 is 0 Å². The Morgan fingerprint density at radius 1 is 1.00 bits per heavy atom. The van der Waals surface area contributed by atoms with Gasteiger partial charge in [-0.05, 0) is 71.0 Å². The lowest BCUT2D eigenvalue weighted by atomic mass is 9.78. The van der Waals surface area contributed by atoms with Gasteiger partial charge < -0.3 is 24.2 Å². The van der Waals surface area contributed by atoms with Crippen molar-refractivity contribution >= 4 is 11.9 Å². The molecule has 0 radical (unpaired) electrons. The fourth-order valence-corrected chi connectivity index (χ4v) is 4.12. The summed E-state index contributed by atoms with van der Waals surface area (Å²) < 4.78 is 16.7. The molecule has 0 heterocycles. The Morgan fingerprint density at radius 2 is 1.77 bits per heavy atom. The van der Waals surface area contributed by atoms with Gasteiger partial charge in [-0.15, -0.1) is 0 Å². The number of carbonyl (C=O) groups is 2. The van der Waals surface area contributed by atoms with Gasteiger partial charge in [0.25, 0.3) is 0 Å². The monoisotopic (exact) mass is 489 g/mol. The highest BCUT2D eigenvalue weighted by Crippen LogP contribution is 2.35. The Balaban J connectivity index is 1.77. The Labute approximate surface area is 210 Å². The molecule has 2 atom stereocenters. The van der Waals surface area contributed by atoms with Crippen LogP contribution in [0, 0.1) is 5.41 Å². The predicted octanol–water partition coefficient (Wildman–Crippen LogP) is 4.45. The van der Waals surface area contributed by atoms with Crippen LogP contribution in [0.25, 0.3) is 0 Å². The number of hydrogen-bond acceptors (Lipinski definition) is 7. The van der Waals surface area contributed by atoms with Crippen LogP contribution in [0.1, 0.15) is 69.5 Å². The molecule has 1 N–H and O–H groups in total. The van der Waals surface area contributed by atoms with Gasteiger partial charge in [-0.1, -0.05) is 42.5 Å². The summed E-state index contributed by atoms with van der Waals surface area (Å²) in [5.74, 6) is -0.612. The summed E-state index contributed by atoms with van der Waals surface area (Å²) in [5, 5.41) is 10.3. The number of aliphatic hydroxyl groups excluding tert-OH is 1. The maximum Gasteiger partial charge on any atom is 0.315 e. The predicted molar refractivity (Wildman–Crippen MR) is 136 cm³/mol. The Hall–Kier alpha value is -2.22. The number of likely N-dealkylation sites (N-methyl/N-ethyl adjacent to an activating group) is 1. The van der Waals surface area contributed by atoms with Crippen LogP contribution >= 0.6 is 0 Å². The van der Waals surface area contributed by atoms with Gasteiger partial charge >= 0.3 is 11.9 Å². The molecule has 0 fully saturated rings. The van der Waals surface area contributed by atoms with Gasteiger partial charge in [0.1, 0.15) is 18.6 Å². The first-order chi connectivity index (χ1) is 16.9. The van der Waals surface area contributed by atoms with Gasteiger partial charge in [0, 0.05) is 13.0 Å². The van der Waals surface area contributed by atoms with E-state index < -0.39 is 11.5 Å². The number of allylic oxidation sites excluding steroid dienone is 2. The summed E-state index contributed by atoms with van der Waals surface area (Å²) in [6.45, 7) is 1.99. The number of nitrogens with zero attached hydrogens (tertiary/aromatic N) is 1. The van der Waals surface area contributed by atoms with Gasteiger partial charge in [0.15, 0.2) is 0 Å². The fourth-order valence-electron chi connectivity index (χ4n) is 4.12. The number of aliphatic hydroxyl groups is 1. The largest absolute Gasteiger partial charge is 0.464 e. The van der Waals surface area contributed by atoms with E-state index in [1.54, 1.807) is 0 Å². The Morgan fingerprint density at radius 3 is 2.54 bits per heavy atom. The number of rotatable bonds is 15. The molecule has 2 unspecified atom stereocenters. The first-order valence-electron chi connectivity index (χ1n) is 12.9. The summed E-state index contributed by atoms with van der Waals surface area (Å²) in [5.41, 5.74) is 0.0741. The van der Waals surface area contributed by atoms with Crippen LogP contribution in [0.15, 0.2) is 42.5 Å². The number of carbonyl (C=O) groups excluding carboxylic acids is 2. The minimum Gasteiger partial charge on any atom is -0.464 e. The van der Waals surface area contributed by atoms with Crippen molar-refractivity contribution in [2.24, 2.45) is 5.41 Å². The third-order valence-corrected chi connectivity index (χ3v) is 6.36. The lowest BCUT2D eigenvalue weighted by Crippen LogP contribution is -2.39. The van der Waals surface area contributed by atoms with Gasteiger partial charge in [-0.2, -0.15) is 0 Å². The van der Waals surface area contributed by atoms with Crippen LogP contribution in [-0.2, 0) is 23.8 Å². The van der Waals surface area contributed by atoms with Crippen LogP contribution in [0.3, 0.4) is 0 Å². The van der Waals surface area contributed by atoms with Crippen molar-refractivity contribution < 1.29 is 28.9 Å². The first-order valence-corrected chi connectivity index (χ1v) is 12.9. The molecule has 7 nitrogen and oxygen atoms in total. The fraction of sp³-hybridized carbons (Fsp3) is 0.643. The minimum atomic E-state index is -0.812. The van der Waals surface area contributed by atoms with E-state index in [9.17, 15) is 14.7 Å². The molecular weight excluding hydrogens is 446 g/mol. The summed E-state index contributed by atoms with van der Waals surface area (Å²) in [6, 6.07) is 9.52. The van der Waals surface area contributed by atoms with Crippen molar-refractivity contribution in [3.8, 4) is 0 Å². The topological polar surface area (TPSA) is 85.3 Å². The van der Waals surface area contributed by atoms with E-state index in [1.165, 1.54) is 0 Å². The van der Waals surface area contributed by atoms with Crippen molar-refractivity contribution in [2.45, 2.75) is 63.9 Å². The van der Waals surface area contributed by atoms with Crippen LogP contribution < -0.4 is 0 Å². The molecule has 35 heavy (non-hydrogen) atoms. The first kappa shape index (κ1) is 29.0. The molecule has 0 aromatic heterocycles. The smallest absolute Gasteiger partial charge is 0.315 e. The second-order valence-corrected chi connectivity index (χ2v) is 9.57. The normalized spacial score (nSPS) is 20.0. The molecule has 0 saturated carbocycles. The van der Waals surface area contributed by atoms with Gasteiger partial charge in [-0.25, -0.2) is 0 Å². The molecule has 196 valence electrons. The minimum absolute atomic E-state index is 0.0482. The maximum atomic E-state index is 13.1. The average Bonchev–Trinajstić information content (AvgIpc) is 2.83. The van der Waals surface area contributed by atoms with E-state index in [0.29, 0.717) is 38.9 Å². The summed E-state index contributed by atoms with van der Waals surface area (Å²) in [4.78, 5) is 27.5. The second-order valence-electron chi connectivity index (χ2n) is 9.57. The lowest BCUT2D eigenvalue weighted by molar-refractivity contribution is -0.167. The molecule has 0 aliphatic heterocycles. The summed E-state index contributed by atoms with van der Waals surface area (Å²) >= 11 is 0. The SMILES string of the molecule is CN(C)CCOCCOC(=O)C1(COC(=O)CCCCC(O)c2ccccc2)CC/C=C/CCC1. The average molecular weight is 490 g/mol. The van der Waals surface area contributed by atoms with Crippen molar-refractivity contribution in [3.63, 3.8) is 0 Å². The summed E-state index contributed by atoms with van der Waals surface area (Å²) in [7, 11) is 3.96. The highest BCUT2D eigenvalue weighted by atomic mass is 16.6. The van der Waals surface area contributed by atoms with Crippen molar-refractivity contribution in [1.82, 2.24) is 4.90 Å². The third kappa shape index (κ3) is 11.4. The zero-order valence-electron chi connectivity index (χ0n) is 21.5.